The minimum atomic E-state index is -0.0516. The molecule has 0 aliphatic carbocycles. The van der Waals surface area contributed by atoms with Crippen LogP contribution >= 0.6 is 24.0 Å². The Morgan fingerprint density at radius 1 is 1.16 bits per heavy atom. The largest absolute Gasteiger partial charge is 0.497 e. The molecule has 5 heteroatoms. The molecule has 3 rings (SSSR count). The Hall–Kier alpha value is -2.11. The van der Waals surface area contributed by atoms with Crippen LogP contribution in [0.3, 0.4) is 0 Å². The highest BCUT2D eigenvalue weighted by atomic mass is 32.2. The summed E-state index contributed by atoms with van der Waals surface area (Å²) >= 11 is 6.87. The number of aryl methyl sites for hydroxylation is 1. The number of thiocarbonyl (C=S) groups is 1. The van der Waals surface area contributed by atoms with Crippen molar-refractivity contribution < 1.29 is 9.53 Å². The van der Waals surface area contributed by atoms with Crippen molar-refractivity contribution in [2.45, 2.75) is 20.3 Å². The zero-order valence-corrected chi connectivity index (χ0v) is 16.0. The van der Waals surface area contributed by atoms with Crippen LogP contribution in [-0.2, 0) is 11.2 Å². The van der Waals surface area contributed by atoms with Crippen molar-refractivity contribution in [2.75, 3.05) is 12.0 Å². The summed E-state index contributed by atoms with van der Waals surface area (Å²) in [5.74, 6) is 0.741. The van der Waals surface area contributed by atoms with Crippen molar-refractivity contribution in [3.8, 4) is 5.75 Å². The number of benzene rings is 2. The topological polar surface area (TPSA) is 29.5 Å². The quantitative estimate of drug-likeness (QED) is 0.557. The second kappa shape index (κ2) is 7.42. The molecule has 0 bridgehead atoms. The van der Waals surface area contributed by atoms with Crippen LogP contribution in [0, 0.1) is 0 Å². The van der Waals surface area contributed by atoms with E-state index in [0.29, 0.717) is 9.23 Å². The van der Waals surface area contributed by atoms with Gasteiger partial charge in [0.15, 0.2) is 4.32 Å². The number of carbonyl (C=O) groups is 1. The average molecular weight is 370 g/mol. The molecule has 0 N–H and O–H groups in total. The number of allylic oxidation sites excluding steroid dienone is 1. The fraction of sp³-hybridized carbons (Fsp3) is 0.200. The number of para-hydroxylation sites is 1. The Morgan fingerprint density at radius 3 is 2.48 bits per heavy atom. The van der Waals surface area contributed by atoms with Crippen LogP contribution < -0.4 is 9.64 Å². The van der Waals surface area contributed by atoms with Gasteiger partial charge >= 0.3 is 0 Å². The van der Waals surface area contributed by atoms with Gasteiger partial charge in [-0.3, -0.25) is 9.69 Å². The van der Waals surface area contributed by atoms with E-state index in [4.69, 9.17) is 17.0 Å². The first-order chi connectivity index (χ1) is 12.1. The molecule has 3 nitrogen and oxygen atoms in total. The number of anilines is 1. The smallest absolute Gasteiger partial charge is 0.271 e. The van der Waals surface area contributed by atoms with Gasteiger partial charge in [0, 0.05) is 0 Å². The second-order valence-electron chi connectivity index (χ2n) is 5.67. The molecule has 2 aromatic rings. The fourth-order valence-corrected chi connectivity index (χ4v) is 4.13. The van der Waals surface area contributed by atoms with E-state index in [1.165, 1.54) is 11.8 Å². The zero-order valence-electron chi connectivity index (χ0n) is 14.4. The van der Waals surface area contributed by atoms with Crippen molar-refractivity contribution in [3.63, 3.8) is 0 Å². The molecule has 1 fully saturated rings. The maximum atomic E-state index is 13.1. The lowest BCUT2D eigenvalue weighted by Gasteiger charge is -2.18. The molecule has 0 saturated carbocycles. The molecule has 0 aromatic heterocycles. The second-order valence-corrected chi connectivity index (χ2v) is 7.32. The Bertz CT molecular complexity index is 856. The van der Waals surface area contributed by atoms with Crippen LogP contribution in [-0.4, -0.2) is 17.3 Å². The van der Waals surface area contributed by atoms with Crippen molar-refractivity contribution >= 4 is 45.5 Å². The highest BCUT2D eigenvalue weighted by molar-refractivity contribution is 8.27. The molecule has 1 amide bonds. The maximum absolute atomic E-state index is 13.1. The third-order valence-corrected chi connectivity index (χ3v) is 5.72. The molecule has 0 radical (unpaired) electrons. The Balaban J connectivity index is 2.00. The molecule has 2 aromatic carbocycles. The standard InChI is InChI=1S/C20H19NO2S2/c1-4-14-7-5-6-8-17(14)21-19(22)18(25-20(21)24)13(2)15-9-11-16(23-3)12-10-15/h5-12H,4H2,1-3H3/b18-13-. The van der Waals surface area contributed by atoms with Gasteiger partial charge in [-0.2, -0.15) is 0 Å². The summed E-state index contributed by atoms with van der Waals surface area (Å²) in [6.07, 6.45) is 0.851. The van der Waals surface area contributed by atoms with Gasteiger partial charge in [-0.25, -0.2) is 0 Å². The molecular weight excluding hydrogens is 350 g/mol. The van der Waals surface area contributed by atoms with E-state index < -0.39 is 0 Å². The number of methoxy groups -OCH3 is 1. The van der Waals surface area contributed by atoms with Gasteiger partial charge in [-0.05, 0) is 48.2 Å². The fourth-order valence-electron chi connectivity index (χ4n) is 2.81. The molecule has 128 valence electrons. The van der Waals surface area contributed by atoms with Crippen LogP contribution in [0.4, 0.5) is 5.69 Å². The van der Waals surface area contributed by atoms with Crippen LogP contribution in [0.5, 0.6) is 5.75 Å². The third kappa shape index (κ3) is 3.34. The molecule has 1 aliphatic rings. The van der Waals surface area contributed by atoms with Crippen LogP contribution in [0.1, 0.15) is 25.0 Å². The highest BCUT2D eigenvalue weighted by Gasteiger charge is 2.35. The van der Waals surface area contributed by atoms with Crippen molar-refractivity contribution in [1.82, 2.24) is 0 Å². The molecule has 1 aliphatic heterocycles. The number of hydrogen-bond donors (Lipinski definition) is 0. The highest BCUT2D eigenvalue weighted by Crippen LogP contribution is 2.40. The lowest BCUT2D eigenvalue weighted by Crippen LogP contribution is -2.28. The molecule has 25 heavy (non-hydrogen) atoms. The number of rotatable bonds is 4. The summed E-state index contributed by atoms with van der Waals surface area (Å²) in [6, 6.07) is 15.6. The minimum Gasteiger partial charge on any atom is -0.497 e. The van der Waals surface area contributed by atoms with Crippen LogP contribution in [0.2, 0.25) is 0 Å². The summed E-state index contributed by atoms with van der Waals surface area (Å²) in [5.41, 5.74) is 3.91. The lowest BCUT2D eigenvalue weighted by atomic mass is 10.1. The molecule has 0 unspecified atom stereocenters. The first-order valence-electron chi connectivity index (χ1n) is 8.06. The lowest BCUT2D eigenvalue weighted by molar-refractivity contribution is -0.113. The van der Waals surface area contributed by atoms with Gasteiger partial charge in [-0.15, -0.1) is 0 Å². The molecule has 1 heterocycles. The van der Waals surface area contributed by atoms with E-state index in [0.717, 1.165) is 34.6 Å². The molecule has 1 saturated heterocycles. The number of amides is 1. The van der Waals surface area contributed by atoms with Crippen molar-refractivity contribution in [2.24, 2.45) is 0 Å². The van der Waals surface area contributed by atoms with Gasteiger partial charge in [-0.1, -0.05) is 61.2 Å². The summed E-state index contributed by atoms with van der Waals surface area (Å²) in [6.45, 7) is 4.04. The van der Waals surface area contributed by atoms with E-state index in [1.54, 1.807) is 12.0 Å². The third-order valence-electron chi connectivity index (χ3n) is 4.25. The Morgan fingerprint density at radius 2 is 1.84 bits per heavy atom. The Labute approximate surface area is 157 Å². The average Bonchev–Trinajstić information content (AvgIpc) is 2.95. The van der Waals surface area contributed by atoms with Crippen molar-refractivity contribution in [1.29, 1.82) is 0 Å². The molecule has 0 spiro atoms. The van der Waals surface area contributed by atoms with Gasteiger partial charge < -0.3 is 4.74 Å². The van der Waals surface area contributed by atoms with E-state index in [1.807, 2.05) is 55.5 Å². The van der Waals surface area contributed by atoms with Gasteiger partial charge in [0.1, 0.15) is 5.75 Å². The zero-order chi connectivity index (χ0) is 18.0. The van der Waals surface area contributed by atoms with Gasteiger partial charge in [0.25, 0.3) is 5.91 Å². The molecular formula is C20H19NO2S2. The number of ether oxygens (including phenoxy) is 1. The first-order valence-corrected chi connectivity index (χ1v) is 9.28. The van der Waals surface area contributed by atoms with Crippen LogP contribution in [0.25, 0.3) is 5.57 Å². The van der Waals surface area contributed by atoms with E-state index in [-0.39, 0.29) is 5.91 Å². The SMILES string of the molecule is CCc1ccccc1N1C(=O)/C(=C(\C)c2ccc(OC)cc2)SC1=S. The first kappa shape index (κ1) is 17.7. The van der Waals surface area contributed by atoms with Gasteiger partial charge in [0.2, 0.25) is 0 Å². The normalized spacial score (nSPS) is 16.4. The predicted molar refractivity (Wildman–Crippen MR) is 109 cm³/mol. The van der Waals surface area contributed by atoms with Crippen LogP contribution in [0.15, 0.2) is 53.4 Å². The number of nitrogens with zero attached hydrogens (tertiary/aromatic N) is 1. The summed E-state index contributed by atoms with van der Waals surface area (Å²) in [5, 5.41) is 0. The molecule has 0 atom stereocenters. The van der Waals surface area contributed by atoms with E-state index in [2.05, 4.69) is 6.92 Å². The summed E-state index contributed by atoms with van der Waals surface area (Å²) in [7, 11) is 1.64. The number of hydrogen-bond acceptors (Lipinski definition) is 4. The minimum absolute atomic E-state index is 0.0516. The number of carbonyl (C=O) groups excluding carboxylic acids is 1. The van der Waals surface area contributed by atoms with Gasteiger partial charge in [0.05, 0.1) is 17.7 Å². The maximum Gasteiger partial charge on any atom is 0.271 e. The predicted octanol–water partition coefficient (Wildman–Crippen LogP) is 5.05. The van der Waals surface area contributed by atoms with Crippen molar-refractivity contribution in [3.05, 3.63) is 64.6 Å². The summed E-state index contributed by atoms with van der Waals surface area (Å²) < 4.78 is 5.77. The number of thioether (sulfide) groups is 1. The van der Waals surface area contributed by atoms with E-state index >= 15 is 0 Å². The summed E-state index contributed by atoms with van der Waals surface area (Å²) in [4.78, 5) is 15.4. The monoisotopic (exact) mass is 369 g/mol. The van der Waals surface area contributed by atoms with E-state index in [9.17, 15) is 4.79 Å². The Kier molecular flexibility index (Phi) is 5.25.